The SMILES string of the molecule is CCCc1cc(O)c2c(c1)OC(C)(C)[C@@H]1CCC(CO)=C[C@@H]21. The molecule has 2 N–H and O–H groups in total. The monoisotopic (exact) mass is 302 g/mol. The minimum Gasteiger partial charge on any atom is -0.507 e. The van der Waals surface area contributed by atoms with Gasteiger partial charge in [0.05, 0.1) is 6.61 Å². The summed E-state index contributed by atoms with van der Waals surface area (Å²) in [5.41, 5.74) is 2.83. The molecule has 1 heterocycles. The second-order valence-electron chi connectivity index (χ2n) is 7.14. The second kappa shape index (κ2) is 5.62. The first-order chi connectivity index (χ1) is 10.5. The molecule has 0 bridgehead atoms. The fourth-order valence-corrected chi connectivity index (χ4v) is 4.05. The van der Waals surface area contributed by atoms with E-state index in [-0.39, 0.29) is 18.1 Å². The van der Waals surface area contributed by atoms with Gasteiger partial charge in [-0.25, -0.2) is 0 Å². The van der Waals surface area contributed by atoms with E-state index in [1.54, 1.807) is 0 Å². The first-order valence-corrected chi connectivity index (χ1v) is 8.31. The fourth-order valence-electron chi connectivity index (χ4n) is 4.05. The number of benzene rings is 1. The van der Waals surface area contributed by atoms with Gasteiger partial charge < -0.3 is 14.9 Å². The van der Waals surface area contributed by atoms with Crippen LogP contribution in [0.4, 0.5) is 0 Å². The number of phenols is 1. The number of aliphatic hydroxyl groups is 1. The molecule has 3 heteroatoms. The van der Waals surface area contributed by atoms with Crippen LogP contribution in [0.3, 0.4) is 0 Å². The van der Waals surface area contributed by atoms with Crippen LogP contribution in [-0.4, -0.2) is 22.4 Å². The van der Waals surface area contributed by atoms with Crippen molar-refractivity contribution in [1.29, 1.82) is 0 Å². The molecule has 22 heavy (non-hydrogen) atoms. The van der Waals surface area contributed by atoms with Gasteiger partial charge in [0.1, 0.15) is 17.1 Å². The Morgan fingerprint density at radius 3 is 2.77 bits per heavy atom. The lowest BCUT2D eigenvalue weighted by Crippen LogP contribution is -2.45. The van der Waals surface area contributed by atoms with Crippen molar-refractivity contribution >= 4 is 0 Å². The minimum absolute atomic E-state index is 0.106. The third kappa shape index (κ3) is 2.52. The molecule has 0 aromatic heterocycles. The highest BCUT2D eigenvalue weighted by atomic mass is 16.5. The Kier molecular flexibility index (Phi) is 3.94. The van der Waals surface area contributed by atoms with Gasteiger partial charge in [-0.15, -0.1) is 0 Å². The van der Waals surface area contributed by atoms with Crippen molar-refractivity contribution < 1.29 is 14.9 Å². The number of rotatable bonds is 3. The standard InChI is InChI=1S/C19H26O3/c1-4-5-12-9-16(21)18-14-8-13(11-20)6-7-15(14)19(2,3)22-17(18)10-12/h8-10,14-15,20-21H,4-7,11H2,1-3H3/t14-,15-/m1/s1. The van der Waals surface area contributed by atoms with Crippen LogP contribution >= 0.6 is 0 Å². The topological polar surface area (TPSA) is 49.7 Å². The molecule has 2 atom stereocenters. The van der Waals surface area contributed by atoms with Gasteiger partial charge in [-0.05, 0) is 56.4 Å². The zero-order valence-corrected chi connectivity index (χ0v) is 13.7. The average molecular weight is 302 g/mol. The number of hydrogen-bond acceptors (Lipinski definition) is 3. The summed E-state index contributed by atoms with van der Waals surface area (Å²) < 4.78 is 6.27. The van der Waals surface area contributed by atoms with Crippen molar-refractivity contribution in [2.75, 3.05) is 6.61 Å². The second-order valence-corrected chi connectivity index (χ2v) is 7.14. The average Bonchev–Trinajstić information content (AvgIpc) is 2.45. The molecule has 1 aliphatic carbocycles. The maximum absolute atomic E-state index is 10.6. The molecule has 120 valence electrons. The molecule has 3 nitrogen and oxygen atoms in total. The molecule has 1 aromatic rings. The summed E-state index contributed by atoms with van der Waals surface area (Å²) in [6.07, 6.45) is 6.03. The predicted molar refractivity (Wildman–Crippen MR) is 87.4 cm³/mol. The number of phenolic OH excluding ortho intramolecular Hbond substituents is 1. The Morgan fingerprint density at radius 2 is 2.09 bits per heavy atom. The first-order valence-electron chi connectivity index (χ1n) is 8.31. The summed E-state index contributed by atoms with van der Waals surface area (Å²) in [5.74, 6) is 1.61. The van der Waals surface area contributed by atoms with Crippen LogP contribution in [-0.2, 0) is 6.42 Å². The quantitative estimate of drug-likeness (QED) is 0.832. The number of allylic oxidation sites excluding steroid dienone is 1. The highest BCUT2D eigenvalue weighted by Gasteiger charge is 2.45. The predicted octanol–water partition coefficient (Wildman–Crippen LogP) is 3.93. The summed E-state index contributed by atoms with van der Waals surface area (Å²) in [5, 5.41) is 20.0. The molecule has 1 aliphatic heterocycles. The van der Waals surface area contributed by atoms with Crippen molar-refractivity contribution in [3.63, 3.8) is 0 Å². The van der Waals surface area contributed by atoms with Crippen molar-refractivity contribution in [2.24, 2.45) is 5.92 Å². The van der Waals surface area contributed by atoms with E-state index in [0.29, 0.717) is 11.7 Å². The number of ether oxygens (including phenoxy) is 1. The summed E-state index contributed by atoms with van der Waals surface area (Å²) >= 11 is 0. The van der Waals surface area contributed by atoms with Crippen molar-refractivity contribution in [2.45, 2.75) is 58.0 Å². The summed E-state index contributed by atoms with van der Waals surface area (Å²) in [4.78, 5) is 0. The minimum atomic E-state index is -0.258. The van der Waals surface area contributed by atoms with E-state index in [2.05, 4.69) is 32.9 Å². The van der Waals surface area contributed by atoms with Gasteiger partial charge in [0.15, 0.2) is 0 Å². The van der Waals surface area contributed by atoms with Crippen LogP contribution in [0.5, 0.6) is 11.5 Å². The van der Waals surface area contributed by atoms with Crippen LogP contribution in [0.15, 0.2) is 23.8 Å². The Labute approximate surface area is 132 Å². The molecule has 0 saturated heterocycles. The van der Waals surface area contributed by atoms with Crippen molar-refractivity contribution in [3.8, 4) is 11.5 Å². The van der Waals surface area contributed by atoms with Gasteiger partial charge >= 0.3 is 0 Å². The molecule has 0 amide bonds. The van der Waals surface area contributed by atoms with Gasteiger partial charge in [0, 0.05) is 17.4 Å². The largest absolute Gasteiger partial charge is 0.507 e. The summed E-state index contributed by atoms with van der Waals surface area (Å²) in [6.45, 7) is 6.51. The maximum atomic E-state index is 10.6. The smallest absolute Gasteiger partial charge is 0.127 e. The zero-order chi connectivity index (χ0) is 15.9. The normalized spacial score (nSPS) is 25.7. The van der Waals surface area contributed by atoms with E-state index in [0.717, 1.165) is 48.1 Å². The van der Waals surface area contributed by atoms with E-state index in [1.165, 1.54) is 0 Å². The lowest BCUT2D eigenvalue weighted by Gasteiger charge is -2.46. The lowest BCUT2D eigenvalue weighted by molar-refractivity contribution is 0.0100. The highest BCUT2D eigenvalue weighted by Crippen LogP contribution is 2.53. The van der Waals surface area contributed by atoms with Gasteiger partial charge in [-0.1, -0.05) is 19.4 Å². The molecule has 0 fully saturated rings. The number of aliphatic hydroxyl groups excluding tert-OH is 1. The summed E-state index contributed by atoms with van der Waals surface area (Å²) in [7, 11) is 0. The number of hydrogen-bond donors (Lipinski definition) is 2. The van der Waals surface area contributed by atoms with Crippen LogP contribution in [0, 0.1) is 5.92 Å². The number of aromatic hydroxyl groups is 1. The van der Waals surface area contributed by atoms with Crippen LogP contribution in [0.1, 0.15) is 57.1 Å². The van der Waals surface area contributed by atoms with Gasteiger partial charge in [0.2, 0.25) is 0 Å². The molecule has 0 saturated carbocycles. The molecule has 3 rings (SSSR count). The Hall–Kier alpha value is -1.48. The molecular formula is C19H26O3. The molecule has 0 radical (unpaired) electrons. The third-order valence-electron chi connectivity index (χ3n) is 5.15. The van der Waals surface area contributed by atoms with E-state index in [9.17, 15) is 10.2 Å². The van der Waals surface area contributed by atoms with E-state index >= 15 is 0 Å². The van der Waals surface area contributed by atoms with Crippen molar-refractivity contribution in [1.82, 2.24) is 0 Å². The maximum Gasteiger partial charge on any atom is 0.127 e. The van der Waals surface area contributed by atoms with Gasteiger partial charge in [-0.3, -0.25) is 0 Å². The van der Waals surface area contributed by atoms with Crippen LogP contribution in [0.25, 0.3) is 0 Å². The number of fused-ring (bicyclic) bond motifs is 3. The Morgan fingerprint density at radius 1 is 1.32 bits per heavy atom. The zero-order valence-electron chi connectivity index (χ0n) is 13.7. The highest BCUT2D eigenvalue weighted by molar-refractivity contribution is 5.54. The van der Waals surface area contributed by atoms with E-state index in [4.69, 9.17) is 4.74 Å². The first kappa shape index (κ1) is 15.4. The van der Waals surface area contributed by atoms with Crippen LogP contribution in [0.2, 0.25) is 0 Å². The fraction of sp³-hybridized carbons (Fsp3) is 0.579. The molecular weight excluding hydrogens is 276 g/mol. The lowest BCUT2D eigenvalue weighted by atomic mass is 9.68. The number of aryl methyl sites for hydroxylation is 1. The van der Waals surface area contributed by atoms with E-state index in [1.807, 2.05) is 6.07 Å². The molecule has 0 unspecified atom stereocenters. The van der Waals surface area contributed by atoms with Crippen LogP contribution < -0.4 is 4.74 Å². The molecule has 1 aromatic carbocycles. The Bertz CT molecular complexity index is 601. The van der Waals surface area contributed by atoms with E-state index < -0.39 is 0 Å². The third-order valence-corrected chi connectivity index (χ3v) is 5.15. The molecule has 2 aliphatic rings. The Balaban J connectivity index is 2.12. The molecule has 0 spiro atoms. The van der Waals surface area contributed by atoms with Crippen molar-refractivity contribution in [3.05, 3.63) is 34.9 Å². The van der Waals surface area contributed by atoms with Gasteiger partial charge in [-0.2, -0.15) is 0 Å². The van der Waals surface area contributed by atoms with Gasteiger partial charge in [0.25, 0.3) is 0 Å². The summed E-state index contributed by atoms with van der Waals surface area (Å²) in [6, 6.07) is 3.96.